The van der Waals surface area contributed by atoms with Gasteiger partial charge in [0.1, 0.15) is 5.82 Å². The number of fused-ring (bicyclic) bond motifs is 1. The Bertz CT molecular complexity index is 1120. The van der Waals surface area contributed by atoms with Crippen molar-refractivity contribution in [3.05, 3.63) is 63.8 Å². The van der Waals surface area contributed by atoms with Crippen molar-refractivity contribution in [2.24, 2.45) is 0 Å². The molecular weight excluding hydrogens is 438 g/mol. The Balaban J connectivity index is 1.80. The summed E-state index contributed by atoms with van der Waals surface area (Å²) in [5, 5.41) is 17.2. The van der Waals surface area contributed by atoms with Crippen LogP contribution in [-0.2, 0) is 4.79 Å². The molecule has 2 aromatic carbocycles. The number of nitrogens with zero attached hydrogens (tertiary/aromatic N) is 2. The van der Waals surface area contributed by atoms with Crippen molar-refractivity contribution in [1.82, 2.24) is 9.78 Å². The SMILES string of the molecule is COc1cc(C(=O)C2CC(=O)Nc3c2c(C)nn3-c2ccc(Br)cc2)ccc1O. The molecule has 0 saturated heterocycles. The largest absolute Gasteiger partial charge is 0.504 e. The molecule has 0 fully saturated rings. The van der Waals surface area contributed by atoms with Crippen LogP contribution in [0.25, 0.3) is 5.69 Å². The molecule has 0 bridgehead atoms. The maximum Gasteiger partial charge on any atom is 0.226 e. The fraction of sp³-hybridized carbons (Fsp3) is 0.190. The lowest BCUT2D eigenvalue weighted by Gasteiger charge is -2.23. The van der Waals surface area contributed by atoms with Gasteiger partial charge >= 0.3 is 0 Å². The number of anilines is 1. The van der Waals surface area contributed by atoms with E-state index in [1.165, 1.54) is 25.3 Å². The van der Waals surface area contributed by atoms with Crippen LogP contribution < -0.4 is 10.1 Å². The molecule has 148 valence electrons. The van der Waals surface area contributed by atoms with Gasteiger partial charge in [0.15, 0.2) is 17.3 Å². The van der Waals surface area contributed by atoms with Crippen molar-refractivity contribution in [1.29, 1.82) is 0 Å². The molecule has 1 atom stereocenters. The molecule has 4 rings (SSSR count). The topological polar surface area (TPSA) is 93.5 Å². The van der Waals surface area contributed by atoms with Crippen LogP contribution in [0.15, 0.2) is 46.9 Å². The Hall–Kier alpha value is -3.13. The number of carbonyl (C=O) groups is 2. The van der Waals surface area contributed by atoms with Gasteiger partial charge in [-0.15, -0.1) is 0 Å². The van der Waals surface area contributed by atoms with Crippen LogP contribution in [0.2, 0.25) is 0 Å². The van der Waals surface area contributed by atoms with Crippen molar-refractivity contribution >= 4 is 33.4 Å². The number of phenolic OH excluding ortho intramolecular Hbond substituents is 1. The monoisotopic (exact) mass is 455 g/mol. The number of Topliss-reactive ketones (excluding diaryl/α,β-unsaturated/α-hetero) is 1. The number of methoxy groups -OCH3 is 1. The van der Waals surface area contributed by atoms with Gasteiger partial charge in [-0.1, -0.05) is 15.9 Å². The highest BCUT2D eigenvalue weighted by Crippen LogP contribution is 2.39. The van der Waals surface area contributed by atoms with Crippen LogP contribution in [0.1, 0.15) is 34.0 Å². The lowest BCUT2D eigenvalue weighted by molar-refractivity contribution is -0.116. The average Bonchev–Trinajstić information content (AvgIpc) is 3.04. The Labute approximate surface area is 175 Å². The van der Waals surface area contributed by atoms with E-state index >= 15 is 0 Å². The van der Waals surface area contributed by atoms with E-state index in [9.17, 15) is 14.7 Å². The Morgan fingerprint density at radius 1 is 1.28 bits per heavy atom. The van der Waals surface area contributed by atoms with Crippen LogP contribution in [0, 0.1) is 6.92 Å². The van der Waals surface area contributed by atoms with E-state index in [1.807, 2.05) is 31.2 Å². The molecule has 0 saturated carbocycles. The number of aromatic nitrogens is 2. The second-order valence-electron chi connectivity index (χ2n) is 6.79. The summed E-state index contributed by atoms with van der Waals surface area (Å²) in [6.07, 6.45) is 0.0297. The molecular formula is C21H18BrN3O4. The van der Waals surface area contributed by atoms with Crippen molar-refractivity contribution in [3.63, 3.8) is 0 Å². The zero-order chi connectivity index (χ0) is 20.7. The van der Waals surface area contributed by atoms with E-state index in [-0.39, 0.29) is 29.6 Å². The molecule has 1 unspecified atom stereocenters. The highest BCUT2D eigenvalue weighted by molar-refractivity contribution is 9.10. The number of ketones is 1. The Morgan fingerprint density at radius 3 is 2.69 bits per heavy atom. The number of phenols is 1. The van der Waals surface area contributed by atoms with Crippen molar-refractivity contribution < 1.29 is 19.4 Å². The number of ether oxygens (including phenoxy) is 1. The molecule has 1 aliphatic heterocycles. The molecule has 29 heavy (non-hydrogen) atoms. The number of aromatic hydroxyl groups is 1. The van der Waals surface area contributed by atoms with Gasteiger partial charge in [0.2, 0.25) is 5.91 Å². The molecule has 0 radical (unpaired) electrons. The summed E-state index contributed by atoms with van der Waals surface area (Å²) in [6.45, 7) is 1.82. The summed E-state index contributed by atoms with van der Waals surface area (Å²) in [6, 6.07) is 11.9. The fourth-order valence-corrected chi connectivity index (χ4v) is 3.84. The summed E-state index contributed by atoms with van der Waals surface area (Å²) in [5.74, 6) is -0.482. The summed E-state index contributed by atoms with van der Waals surface area (Å²) in [5.41, 5.74) is 2.51. The standard InChI is InChI=1S/C21H18BrN3O4/c1-11-19-15(20(28)12-3-8-16(26)17(9-12)29-2)10-18(27)23-21(19)25(24-11)14-6-4-13(22)5-7-14/h3-9,15,26H,10H2,1-2H3,(H,23,27). The van der Waals surface area contributed by atoms with E-state index < -0.39 is 5.92 Å². The van der Waals surface area contributed by atoms with Crippen LogP contribution in [0.3, 0.4) is 0 Å². The zero-order valence-corrected chi connectivity index (χ0v) is 17.4. The maximum atomic E-state index is 13.3. The van der Waals surface area contributed by atoms with Crippen molar-refractivity contribution in [2.75, 3.05) is 12.4 Å². The van der Waals surface area contributed by atoms with Gasteiger partial charge in [0.25, 0.3) is 0 Å². The van der Waals surface area contributed by atoms with Gasteiger partial charge in [-0.25, -0.2) is 4.68 Å². The number of rotatable bonds is 4. The molecule has 1 aromatic heterocycles. The molecule has 0 spiro atoms. The van der Waals surface area contributed by atoms with Crippen LogP contribution in [-0.4, -0.2) is 33.7 Å². The predicted octanol–water partition coefficient (Wildman–Crippen LogP) is 3.97. The van der Waals surface area contributed by atoms with Gasteiger partial charge < -0.3 is 15.2 Å². The lowest BCUT2D eigenvalue weighted by Crippen LogP contribution is -2.28. The highest BCUT2D eigenvalue weighted by atomic mass is 79.9. The van der Waals surface area contributed by atoms with Crippen molar-refractivity contribution in [2.45, 2.75) is 19.3 Å². The maximum absolute atomic E-state index is 13.3. The van der Waals surface area contributed by atoms with Gasteiger partial charge in [-0.2, -0.15) is 5.10 Å². The summed E-state index contributed by atoms with van der Waals surface area (Å²) < 4.78 is 7.68. The average molecular weight is 456 g/mol. The van der Waals surface area contributed by atoms with Gasteiger partial charge in [-0.3, -0.25) is 9.59 Å². The first kappa shape index (κ1) is 19.2. The fourth-order valence-electron chi connectivity index (χ4n) is 3.57. The van der Waals surface area contributed by atoms with E-state index in [0.717, 1.165) is 10.2 Å². The van der Waals surface area contributed by atoms with E-state index in [2.05, 4.69) is 26.3 Å². The molecule has 2 heterocycles. The van der Waals surface area contributed by atoms with Gasteiger partial charge in [0, 0.05) is 22.0 Å². The number of hydrogen-bond acceptors (Lipinski definition) is 5. The highest BCUT2D eigenvalue weighted by Gasteiger charge is 2.36. The predicted molar refractivity (Wildman–Crippen MR) is 111 cm³/mol. The quantitative estimate of drug-likeness (QED) is 0.580. The third kappa shape index (κ3) is 3.40. The molecule has 1 amide bonds. The van der Waals surface area contributed by atoms with Crippen molar-refractivity contribution in [3.8, 4) is 17.2 Å². The van der Waals surface area contributed by atoms with E-state index in [1.54, 1.807) is 4.68 Å². The van der Waals surface area contributed by atoms with Crippen LogP contribution >= 0.6 is 15.9 Å². The number of hydrogen-bond donors (Lipinski definition) is 2. The first-order valence-corrected chi connectivity index (χ1v) is 9.75. The van der Waals surface area contributed by atoms with Crippen LogP contribution in [0.5, 0.6) is 11.5 Å². The third-order valence-electron chi connectivity index (χ3n) is 4.95. The third-order valence-corrected chi connectivity index (χ3v) is 5.48. The number of carbonyl (C=O) groups excluding carboxylic acids is 2. The molecule has 3 aromatic rings. The lowest BCUT2D eigenvalue weighted by atomic mass is 9.85. The van der Waals surface area contributed by atoms with Crippen LogP contribution in [0.4, 0.5) is 5.82 Å². The summed E-state index contributed by atoms with van der Waals surface area (Å²) >= 11 is 3.41. The molecule has 8 heteroatoms. The number of benzene rings is 2. The first-order chi connectivity index (χ1) is 13.9. The smallest absolute Gasteiger partial charge is 0.226 e. The molecule has 0 aliphatic carbocycles. The molecule has 1 aliphatic rings. The van der Waals surface area contributed by atoms with Gasteiger partial charge in [0.05, 0.1) is 24.4 Å². The van der Waals surface area contributed by atoms with E-state index in [0.29, 0.717) is 22.6 Å². The first-order valence-electron chi connectivity index (χ1n) is 8.95. The minimum atomic E-state index is -0.669. The summed E-state index contributed by atoms with van der Waals surface area (Å²) in [4.78, 5) is 25.7. The summed E-state index contributed by atoms with van der Waals surface area (Å²) in [7, 11) is 1.42. The Kier molecular flexibility index (Phi) is 4.87. The number of halogens is 1. The zero-order valence-electron chi connectivity index (χ0n) is 15.8. The molecule has 7 nitrogen and oxygen atoms in total. The molecule has 2 N–H and O–H groups in total. The normalized spacial score (nSPS) is 15.6. The van der Waals surface area contributed by atoms with Gasteiger partial charge in [-0.05, 0) is 49.4 Å². The Morgan fingerprint density at radius 2 is 2.00 bits per heavy atom. The number of nitrogens with one attached hydrogen (secondary N) is 1. The number of aryl methyl sites for hydroxylation is 1. The van der Waals surface area contributed by atoms with E-state index in [4.69, 9.17) is 4.74 Å². The second-order valence-corrected chi connectivity index (χ2v) is 7.71. The number of amides is 1. The minimum absolute atomic E-state index is 0.0297. The second kappa shape index (κ2) is 7.36. The minimum Gasteiger partial charge on any atom is -0.504 e.